The van der Waals surface area contributed by atoms with Gasteiger partial charge < -0.3 is 0 Å². The maximum Gasteiger partial charge on any atom is 0.111 e. The van der Waals surface area contributed by atoms with Gasteiger partial charge in [0, 0.05) is 10.8 Å². The third-order valence-corrected chi connectivity index (χ3v) is 7.14. The van der Waals surface area contributed by atoms with Crippen molar-refractivity contribution in [2.75, 3.05) is 0 Å². The fourth-order valence-corrected chi connectivity index (χ4v) is 5.55. The van der Waals surface area contributed by atoms with Gasteiger partial charge in [-0.15, -0.1) is 0 Å². The molecule has 0 unspecified atom stereocenters. The zero-order valence-corrected chi connectivity index (χ0v) is 20.0. The SMILES string of the molecule is Cc1nc2ccccc2n1-c1c2ccccc2c(-c2ccc(-c3ccccc3)cc2)c2ccccc12. The highest BCUT2D eigenvalue weighted by Gasteiger charge is 2.19. The molecule has 0 amide bonds. The number of para-hydroxylation sites is 2. The molecule has 2 heteroatoms. The van der Waals surface area contributed by atoms with E-state index in [1.165, 1.54) is 49.5 Å². The van der Waals surface area contributed by atoms with Crippen molar-refractivity contribution in [2.45, 2.75) is 6.92 Å². The molecule has 1 aromatic heterocycles. The van der Waals surface area contributed by atoms with Crippen molar-refractivity contribution in [2.24, 2.45) is 0 Å². The number of imidazole rings is 1. The van der Waals surface area contributed by atoms with Gasteiger partial charge >= 0.3 is 0 Å². The van der Waals surface area contributed by atoms with E-state index in [0.29, 0.717) is 0 Å². The van der Waals surface area contributed by atoms with E-state index < -0.39 is 0 Å². The fraction of sp³-hybridized carbons (Fsp3) is 0.0294. The summed E-state index contributed by atoms with van der Waals surface area (Å²) < 4.78 is 2.32. The highest BCUT2D eigenvalue weighted by atomic mass is 15.1. The van der Waals surface area contributed by atoms with Crippen LogP contribution in [0, 0.1) is 6.92 Å². The summed E-state index contributed by atoms with van der Waals surface area (Å²) in [6.45, 7) is 2.10. The number of fused-ring (bicyclic) bond motifs is 3. The number of hydrogen-bond donors (Lipinski definition) is 0. The van der Waals surface area contributed by atoms with E-state index in [2.05, 4.69) is 139 Å². The quantitative estimate of drug-likeness (QED) is 0.241. The topological polar surface area (TPSA) is 17.8 Å². The zero-order chi connectivity index (χ0) is 24.1. The highest BCUT2D eigenvalue weighted by Crippen LogP contribution is 2.42. The first-order valence-electron chi connectivity index (χ1n) is 12.3. The lowest BCUT2D eigenvalue weighted by Crippen LogP contribution is -2.01. The van der Waals surface area contributed by atoms with Crippen LogP contribution in [-0.4, -0.2) is 9.55 Å². The van der Waals surface area contributed by atoms with Gasteiger partial charge in [-0.1, -0.05) is 115 Å². The van der Waals surface area contributed by atoms with Gasteiger partial charge in [0.25, 0.3) is 0 Å². The van der Waals surface area contributed by atoms with Crippen molar-refractivity contribution in [3.63, 3.8) is 0 Å². The summed E-state index contributed by atoms with van der Waals surface area (Å²) in [7, 11) is 0. The summed E-state index contributed by atoms with van der Waals surface area (Å²) in [5, 5.41) is 4.95. The first kappa shape index (κ1) is 20.7. The number of hydrogen-bond acceptors (Lipinski definition) is 1. The molecule has 0 bridgehead atoms. The lowest BCUT2D eigenvalue weighted by molar-refractivity contribution is 1.02. The van der Waals surface area contributed by atoms with Crippen LogP contribution in [0.2, 0.25) is 0 Å². The molecule has 6 aromatic carbocycles. The molecule has 0 aliphatic rings. The van der Waals surface area contributed by atoms with Crippen molar-refractivity contribution < 1.29 is 0 Å². The van der Waals surface area contributed by atoms with E-state index in [1.807, 2.05) is 0 Å². The Labute approximate surface area is 210 Å². The first-order valence-corrected chi connectivity index (χ1v) is 12.3. The molecule has 0 saturated carbocycles. The molecule has 7 rings (SSSR count). The fourth-order valence-electron chi connectivity index (χ4n) is 5.55. The normalized spacial score (nSPS) is 11.5. The Morgan fingerprint density at radius 1 is 0.472 bits per heavy atom. The summed E-state index contributed by atoms with van der Waals surface area (Å²) in [6.07, 6.45) is 0. The minimum absolute atomic E-state index is 0.992. The Balaban J connectivity index is 1.55. The van der Waals surface area contributed by atoms with Crippen LogP contribution in [0.15, 0.2) is 127 Å². The van der Waals surface area contributed by atoms with Crippen molar-refractivity contribution in [3.05, 3.63) is 133 Å². The highest BCUT2D eigenvalue weighted by molar-refractivity contribution is 6.18. The molecule has 2 nitrogen and oxygen atoms in total. The summed E-state index contributed by atoms with van der Waals surface area (Å²) in [5.74, 6) is 0.992. The van der Waals surface area contributed by atoms with Crippen LogP contribution < -0.4 is 0 Å². The molecule has 0 aliphatic heterocycles. The lowest BCUT2D eigenvalue weighted by atomic mass is 9.89. The van der Waals surface area contributed by atoms with Crippen LogP contribution >= 0.6 is 0 Å². The van der Waals surface area contributed by atoms with Gasteiger partial charge in [0.1, 0.15) is 5.82 Å². The Kier molecular flexibility index (Phi) is 4.71. The number of aromatic nitrogens is 2. The van der Waals surface area contributed by atoms with Crippen LogP contribution in [0.4, 0.5) is 0 Å². The molecule has 0 aliphatic carbocycles. The second-order valence-electron chi connectivity index (χ2n) is 9.24. The lowest BCUT2D eigenvalue weighted by Gasteiger charge is -2.19. The molecule has 1 heterocycles. The Morgan fingerprint density at radius 2 is 0.972 bits per heavy atom. The van der Waals surface area contributed by atoms with Crippen molar-refractivity contribution in [3.8, 4) is 27.9 Å². The van der Waals surface area contributed by atoms with Gasteiger partial charge in [-0.05, 0) is 52.1 Å². The molecular weight excluding hydrogens is 436 g/mol. The Morgan fingerprint density at radius 3 is 1.64 bits per heavy atom. The third kappa shape index (κ3) is 3.15. The standard InChI is InChI=1S/C34H24N2/c1-23-35-31-17-9-10-18-32(31)36(23)34-29-15-7-5-13-27(29)33(28-14-6-8-16-30(28)34)26-21-19-25(20-22-26)24-11-3-2-4-12-24/h2-22H,1H3. The number of aryl methyl sites for hydroxylation is 1. The van der Waals surface area contributed by atoms with Crippen molar-refractivity contribution in [1.29, 1.82) is 0 Å². The summed E-state index contributed by atoms with van der Waals surface area (Å²) >= 11 is 0. The molecule has 0 spiro atoms. The minimum atomic E-state index is 0.992. The molecule has 0 N–H and O–H groups in total. The van der Waals surface area contributed by atoms with Crippen LogP contribution in [0.1, 0.15) is 5.82 Å². The predicted octanol–water partition coefficient (Wildman–Crippen LogP) is 8.97. The molecule has 0 fully saturated rings. The molecule has 7 aromatic rings. The van der Waals surface area contributed by atoms with Gasteiger partial charge in [0.2, 0.25) is 0 Å². The Bertz CT molecular complexity index is 1820. The monoisotopic (exact) mass is 460 g/mol. The molecule has 36 heavy (non-hydrogen) atoms. The van der Waals surface area contributed by atoms with Gasteiger partial charge in [-0.25, -0.2) is 4.98 Å². The molecule has 0 atom stereocenters. The second-order valence-corrected chi connectivity index (χ2v) is 9.24. The van der Waals surface area contributed by atoms with Crippen LogP contribution in [0.5, 0.6) is 0 Å². The summed E-state index contributed by atoms with van der Waals surface area (Å²) in [4.78, 5) is 4.89. The molecule has 0 saturated heterocycles. The maximum atomic E-state index is 4.89. The third-order valence-electron chi connectivity index (χ3n) is 7.14. The van der Waals surface area contributed by atoms with E-state index in [0.717, 1.165) is 16.9 Å². The zero-order valence-electron chi connectivity index (χ0n) is 20.0. The van der Waals surface area contributed by atoms with Crippen LogP contribution in [0.25, 0.3) is 60.5 Å². The van der Waals surface area contributed by atoms with Gasteiger partial charge in [-0.2, -0.15) is 0 Å². The molecular formula is C34H24N2. The second kappa shape index (κ2) is 8.21. The predicted molar refractivity (Wildman–Crippen MR) is 152 cm³/mol. The van der Waals surface area contributed by atoms with E-state index in [1.54, 1.807) is 0 Å². The average Bonchev–Trinajstić information content (AvgIpc) is 3.27. The Hall–Kier alpha value is -4.69. The van der Waals surface area contributed by atoms with Gasteiger partial charge in [0.15, 0.2) is 0 Å². The summed E-state index contributed by atoms with van der Waals surface area (Å²) in [6, 6.07) is 45.5. The minimum Gasteiger partial charge on any atom is -0.295 e. The number of nitrogens with zero attached hydrogens (tertiary/aromatic N) is 2. The van der Waals surface area contributed by atoms with Gasteiger partial charge in [0.05, 0.1) is 16.7 Å². The average molecular weight is 461 g/mol. The van der Waals surface area contributed by atoms with Crippen LogP contribution in [-0.2, 0) is 0 Å². The number of rotatable bonds is 3. The maximum absolute atomic E-state index is 4.89. The van der Waals surface area contributed by atoms with Crippen molar-refractivity contribution >= 4 is 32.6 Å². The molecule has 170 valence electrons. The summed E-state index contributed by atoms with van der Waals surface area (Å²) in [5.41, 5.74) is 8.29. The van der Waals surface area contributed by atoms with E-state index in [4.69, 9.17) is 4.98 Å². The van der Waals surface area contributed by atoms with E-state index >= 15 is 0 Å². The van der Waals surface area contributed by atoms with Crippen molar-refractivity contribution in [1.82, 2.24) is 9.55 Å². The van der Waals surface area contributed by atoms with E-state index in [-0.39, 0.29) is 0 Å². The number of benzene rings is 6. The van der Waals surface area contributed by atoms with Gasteiger partial charge in [-0.3, -0.25) is 4.57 Å². The molecule has 0 radical (unpaired) electrons. The first-order chi connectivity index (χ1) is 17.8. The largest absolute Gasteiger partial charge is 0.295 e. The smallest absolute Gasteiger partial charge is 0.111 e. The van der Waals surface area contributed by atoms with E-state index in [9.17, 15) is 0 Å². The van der Waals surface area contributed by atoms with Crippen LogP contribution in [0.3, 0.4) is 0 Å².